The highest BCUT2D eigenvalue weighted by Gasteiger charge is 1.92. The van der Waals surface area contributed by atoms with E-state index < -0.39 is 0 Å². The van der Waals surface area contributed by atoms with Crippen molar-refractivity contribution in [1.82, 2.24) is 5.32 Å². The summed E-state index contributed by atoms with van der Waals surface area (Å²) in [6, 6.07) is 8.45. The molecule has 1 rings (SSSR count). The Morgan fingerprint density at radius 1 is 1.19 bits per heavy atom. The van der Waals surface area contributed by atoms with Crippen molar-refractivity contribution in [3.05, 3.63) is 29.8 Å². The zero-order valence-electron chi connectivity index (χ0n) is 10.3. The highest BCUT2D eigenvalue weighted by atomic mass is 16.5. The SMILES string of the molecule is COCCNCCCNc1cccc(C)c1. The summed E-state index contributed by atoms with van der Waals surface area (Å²) >= 11 is 0. The maximum Gasteiger partial charge on any atom is 0.0587 e. The molecule has 0 saturated heterocycles. The van der Waals surface area contributed by atoms with Crippen molar-refractivity contribution >= 4 is 5.69 Å². The molecule has 1 aromatic carbocycles. The van der Waals surface area contributed by atoms with Crippen molar-refractivity contribution in [2.75, 3.05) is 38.7 Å². The Balaban J connectivity index is 2.03. The van der Waals surface area contributed by atoms with Crippen molar-refractivity contribution in [1.29, 1.82) is 0 Å². The molecular weight excluding hydrogens is 200 g/mol. The summed E-state index contributed by atoms with van der Waals surface area (Å²) in [7, 11) is 1.72. The van der Waals surface area contributed by atoms with Crippen molar-refractivity contribution in [2.45, 2.75) is 13.3 Å². The standard InChI is InChI=1S/C13H22N2O/c1-12-5-3-6-13(11-12)15-8-4-7-14-9-10-16-2/h3,5-6,11,14-15H,4,7-10H2,1-2H3. The first-order chi connectivity index (χ1) is 7.83. The van der Waals surface area contributed by atoms with E-state index in [2.05, 4.69) is 41.8 Å². The van der Waals surface area contributed by atoms with Crippen LogP contribution < -0.4 is 10.6 Å². The van der Waals surface area contributed by atoms with Gasteiger partial charge in [0.15, 0.2) is 0 Å². The third-order valence-electron chi connectivity index (χ3n) is 2.36. The minimum absolute atomic E-state index is 0.783. The zero-order valence-corrected chi connectivity index (χ0v) is 10.3. The van der Waals surface area contributed by atoms with Gasteiger partial charge < -0.3 is 15.4 Å². The maximum absolute atomic E-state index is 4.95. The summed E-state index contributed by atoms with van der Waals surface area (Å²) in [6.45, 7) is 5.86. The van der Waals surface area contributed by atoms with Crippen LogP contribution in [0.5, 0.6) is 0 Å². The van der Waals surface area contributed by atoms with Crippen LogP contribution in [0.15, 0.2) is 24.3 Å². The average Bonchev–Trinajstić information content (AvgIpc) is 2.28. The van der Waals surface area contributed by atoms with E-state index >= 15 is 0 Å². The van der Waals surface area contributed by atoms with E-state index in [4.69, 9.17) is 4.74 Å². The lowest BCUT2D eigenvalue weighted by Crippen LogP contribution is -2.22. The minimum Gasteiger partial charge on any atom is -0.385 e. The molecule has 0 aliphatic rings. The largest absolute Gasteiger partial charge is 0.385 e. The Morgan fingerprint density at radius 3 is 2.81 bits per heavy atom. The van der Waals surface area contributed by atoms with Crippen molar-refractivity contribution in [3.8, 4) is 0 Å². The smallest absolute Gasteiger partial charge is 0.0587 e. The quantitative estimate of drug-likeness (QED) is 0.660. The van der Waals surface area contributed by atoms with Crippen LogP contribution >= 0.6 is 0 Å². The predicted molar refractivity (Wildman–Crippen MR) is 69.0 cm³/mol. The summed E-state index contributed by atoms with van der Waals surface area (Å²) in [5.74, 6) is 0. The van der Waals surface area contributed by atoms with Crippen molar-refractivity contribution < 1.29 is 4.74 Å². The van der Waals surface area contributed by atoms with E-state index in [0.29, 0.717) is 0 Å². The van der Waals surface area contributed by atoms with Gasteiger partial charge in [0.05, 0.1) is 6.61 Å². The molecule has 2 N–H and O–H groups in total. The van der Waals surface area contributed by atoms with Gasteiger partial charge in [-0.15, -0.1) is 0 Å². The molecule has 0 amide bonds. The molecule has 3 heteroatoms. The van der Waals surface area contributed by atoms with Gasteiger partial charge >= 0.3 is 0 Å². The molecule has 0 aliphatic carbocycles. The van der Waals surface area contributed by atoms with Gasteiger partial charge in [-0.05, 0) is 37.6 Å². The summed E-state index contributed by atoms with van der Waals surface area (Å²) < 4.78 is 4.95. The molecular formula is C13H22N2O. The lowest BCUT2D eigenvalue weighted by Gasteiger charge is -2.07. The molecule has 1 aromatic rings. The van der Waals surface area contributed by atoms with Crippen LogP contribution in [0.25, 0.3) is 0 Å². The van der Waals surface area contributed by atoms with Crippen LogP contribution in [0.3, 0.4) is 0 Å². The second-order valence-electron chi connectivity index (χ2n) is 3.89. The highest BCUT2D eigenvalue weighted by molar-refractivity contribution is 5.45. The lowest BCUT2D eigenvalue weighted by molar-refractivity contribution is 0.199. The Bertz CT molecular complexity index is 289. The number of anilines is 1. The summed E-state index contributed by atoms with van der Waals surface area (Å²) in [5, 5.41) is 6.72. The molecule has 0 bridgehead atoms. The third kappa shape index (κ3) is 5.73. The summed E-state index contributed by atoms with van der Waals surface area (Å²) in [5.41, 5.74) is 2.50. The Kier molecular flexibility index (Phi) is 6.61. The molecule has 0 heterocycles. The van der Waals surface area contributed by atoms with Crippen LogP contribution in [0, 0.1) is 6.92 Å². The van der Waals surface area contributed by atoms with Gasteiger partial charge in [0, 0.05) is 25.9 Å². The van der Waals surface area contributed by atoms with Crippen molar-refractivity contribution in [3.63, 3.8) is 0 Å². The Morgan fingerprint density at radius 2 is 2.06 bits per heavy atom. The van der Waals surface area contributed by atoms with Gasteiger partial charge in [0.2, 0.25) is 0 Å². The number of methoxy groups -OCH3 is 1. The topological polar surface area (TPSA) is 33.3 Å². The van der Waals surface area contributed by atoms with Crippen LogP contribution in [0.4, 0.5) is 5.69 Å². The van der Waals surface area contributed by atoms with E-state index in [1.807, 2.05) is 0 Å². The molecule has 0 saturated carbocycles. The van der Waals surface area contributed by atoms with Crippen LogP contribution in [0.2, 0.25) is 0 Å². The number of hydrogen-bond acceptors (Lipinski definition) is 3. The van der Waals surface area contributed by atoms with Gasteiger partial charge in [-0.3, -0.25) is 0 Å². The van der Waals surface area contributed by atoms with Crippen LogP contribution in [-0.2, 0) is 4.74 Å². The van der Waals surface area contributed by atoms with Gasteiger partial charge in [-0.1, -0.05) is 12.1 Å². The summed E-state index contributed by atoms with van der Waals surface area (Å²) in [6.07, 6.45) is 1.12. The lowest BCUT2D eigenvalue weighted by atomic mass is 10.2. The van der Waals surface area contributed by atoms with Crippen LogP contribution in [-0.4, -0.2) is 33.4 Å². The van der Waals surface area contributed by atoms with Crippen LogP contribution in [0.1, 0.15) is 12.0 Å². The number of ether oxygens (including phenoxy) is 1. The molecule has 0 aliphatic heterocycles. The molecule has 0 fully saturated rings. The van der Waals surface area contributed by atoms with E-state index in [0.717, 1.165) is 32.7 Å². The van der Waals surface area contributed by atoms with Gasteiger partial charge in [0.25, 0.3) is 0 Å². The Hall–Kier alpha value is -1.06. The molecule has 16 heavy (non-hydrogen) atoms. The van der Waals surface area contributed by atoms with E-state index in [1.54, 1.807) is 7.11 Å². The molecule has 90 valence electrons. The number of benzene rings is 1. The molecule has 0 spiro atoms. The van der Waals surface area contributed by atoms with E-state index in [9.17, 15) is 0 Å². The molecule has 0 aromatic heterocycles. The molecule has 0 radical (unpaired) electrons. The fourth-order valence-electron chi connectivity index (χ4n) is 1.50. The van der Waals surface area contributed by atoms with Gasteiger partial charge in [-0.25, -0.2) is 0 Å². The highest BCUT2D eigenvalue weighted by Crippen LogP contribution is 2.08. The monoisotopic (exact) mass is 222 g/mol. The van der Waals surface area contributed by atoms with E-state index in [-0.39, 0.29) is 0 Å². The van der Waals surface area contributed by atoms with E-state index in [1.165, 1.54) is 11.3 Å². The first-order valence-corrected chi connectivity index (χ1v) is 5.83. The van der Waals surface area contributed by atoms with Gasteiger partial charge in [0.1, 0.15) is 0 Å². The second kappa shape index (κ2) is 8.13. The Labute approximate surface area is 98.2 Å². The number of hydrogen-bond donors (Lipinski definition) is 2. The summed E-state index contributed by atoms with van der Waals surface area (Å²) in [4.78, 5) is 0. The first kappa shape index (κ1) is 13.0. The second-order valence-corrected chi connectivity index (χ2v) is 3.89. The normalized spacial score (nSPS) is 10.4. The third-order valence-corrected chi connectivity index (χ3v) is 2.36. The average molecular weight is 222 g/mol. The van der Waals surface area contributed by atoms with Crippen molar-refractivity contribution in [2.24, 2.45) is 0 Å². The molecule has 0 unspecified atom stereocenters. The minimum atomic E-state index is 0.783. The zero-order chi connectivity index (χ0) is 11.6. The fraction of sp³-hybridized carbons (Fsp3) is 0.538. The number of aryl methyl sites for hydroxylation is 1. The number of nitrogens with one attached hydrogen (secondary N) is 2. The molecule has 0 atom stereocenters. The first-order valence-electron chi connectivity index (χ1n) is 5.83. The van der Waals surface area contributed by atoms with Gasteiger partial charge in [-0.2, -0.15) is 0 Å². The maximum atomic E-state index is 4.95. The number of rotatable bonds is 8. The molecule has 3 nitrogen and oxygen atoms in total. The fourth-order valence-corrected chi connectivity index (χ4v) is 1.50. The predicted octanol–water partition coefficient (Wildman–Crippen LogP) is 2.03.